The molecule has 21 heavy (non-hydrogen) atoms. The fraction of sp³-hybridized carbons (Fsp3) is 0.267. The van der Waals surface area contributed by atoms with Crippen LogP contribution in [0.1, 0.15) is 12.5 Å². The van der Waals surface area contributed by atoms with E-state index in [1.807, 2.05) is 6.92 Å². The fourth-order valence-corrected chi connectivity index (χ4v) is 2.09. The summed E-state index contributed by atoms with van der Waals surface area (Å²) in [5.41, 5.74) is 0.938. The van der Waals surface area contributed by atoms with E-state index in [1.165, 1.54) is 0 Å². The number of nitrogens with zero attached hydrogens (tertiary/aromatic N) is 1. The highest BCUT2D eigenvalue weighted by Crippen LogP contribution is 2.33. The molecule has 1 aromatic heterocycles. The normalized spacial score (nSPS) is 10.5. The van der Waals surface area contributed by atoms with Gasteiger partial charge in [-0.3, -0.25) is 0 Å². The van der Waals surface area contributed by atoms with Crippen LogP contribution in [0.5, 0.6) is 17.4 Å². The van der Waals surface area contributed by atoms with Crippen molar-refractivity contribution >= 4 is 23.2 Å². The van der Waals surface area contributed by atoms with Gasteiger partial charge in [-0.25, -0.2) is 4.98 Å². The molecule has 1 aromatic carbocycles. The molecule has 0 aliphatic rings. The second kappa shape index (κ2) is 7.50. The molecule has 2 aromatic rings. The zero-order chi connectivity index (χ0) is 15.2. The molecule has 112 valence electrons. The molecule has 0 unspecified atom stereocenters. The van der Waals surface area contributed by atoms with E-state index in [9.17, 15) is 0 Å². The lowest BCUT2D eigenvalue weighted by Gasteiger charge is -2.12. The summed E-state index contributed by atoms with van der Waals surface area (Å²) in [6.07, 6.45) is 2.33. The summed E-state index contributed by atoms with van der Waals surface area (Å²) >= 11 is 12.0. The third-order valence-electron chi connectivity index (χ3n) is 2.77. The fourth-order valence-electron chi connectivity index (χ4n) is 1.75. The summed E-state index contributed by atoms with van der Waals surface area (Å²) < 4.78 is 11.1. The molecule has 6 heteroatoms. The van der Waals surface area contributed by atoms with Crippen LogP contribution in [0.4, 0.5) is 0 Å². The van der Waals surface area contributed by atoms with Gasteiger partial charge in [0.25, 0.3) is 0 Å². The van der Waals surface area contributed by atoms with Crippen LogP contribution >= 0.6 is 23.2 Å². The van der Waals surface area contributed by atoms with Gasteiger partial charge in [-0.1, -0.05) is 30.1 Å². The number of hydrogen-bond acceptors (Lipinski definition) is 4. The molecule has 1 N–H and O–H groups in total. The Morgan fingerprint density at radius 1 is 1.19 bits per heavy atom. The molecule has 0 amide bonds. The SMILES string of the molecule is CCc1cc(Cl)c(Cl)cc1Oc1cc(OCCO)ccn1. The van der Waals surface area contributed by atoms with Crippen molar-refractivity contribution in [2.75, 3.05) is 13.2 Å². The molecule has 2 rings (SSSR count). The van der Waals surface area contributed by atoms with Gasteiger partial charge in [-0.15, -0.1) is 0 Å². The molecule has 0 atom stereocenters. The van der Waals surface area contributed by atoms with Crippen LogP contribution in [-0.2, 0) is 6.42 Å². The van der Waals surface area contributed by atoms with Crippen LogP contribution in [0.15, 0.2) is 30.5 Å². The first-order valence-corrected chi connectivity index (χ1v) is 7.25. The Balaban J connectivity index is 2.23. The van der Waals surface area contributed by atoms with E-state index in [0.717, 1.165) is 12.0 Å². The van der Waals surface area contributed by atoms with Crippen LogP contribution in [0.2, 0.25) is 10.0 Å². The quantitative estimate of drug-likeness (QED) is 0.867. The molecule has 0 saturated carbocycles. The van der Waals surface area contributed by atoms with Crippen molar-refractivity contribution in [3.05, 3.63) is 46.1 Å². The van der Waals surface area contributed by atoms with Crippen LogP contribution in [0.25, 0.3) is 0 Å². The summed E-state index contributed by atoms with van der Waals surface area (Å²) in [6.45, 7) is 2.17. The minimum atomic E-state index is -0.0503. The van der Waals surface area contributed by atoms with E-state index in [-0.39, 0.29) is 13.2 Å². The molecule has 4 nitrogen and oxygen atoms in total. The van der Waals surface area contributed by atoms with Gasteiger partial charge in [-0.2, -0.15) is 0 Å². The van der Waals surface area contributed by atoms with Gasteiger partial charge in [0.1, 0.15) is 18.1 Å². The molecule has 0 spiro atoms. The Hall–Kier alpha value is -1.49. The van der Waals surface area contributed by atoms with Crippen molar-refractivity contribution in [1.82, 2.24) is 4.98 Å². The zero-order valence-electron chi connectivity index (χ0n) is 11.5. The lowest BCUT2D eigenvalue weighted by molar-refractivity contribution is 0.201. The zero-order valence-corrected chi connectivity index (χ0v) is 13.0. The number of aryl methyl sites for hydroxylation is 1. The van der Waals surface area contributed by atoms with E-state index in [1.54, 1.807) is 30.5 Å². The van der Waals surface area contributed by atoms with E-state index in [0.29, 0.717) is 27.4 Å². The number of hydrogen-bond donors (Lipinski definition) is 1. The van der Waals surface area contributed by atoms with Gasteiger partial charge in [0.05, 0.1) is 16.7 Å². The predicted molar refractivity (Wildman–Crippen MR) is 82.7 cm³/mol. The van der Waals surface area contributed by atoms with Crippen molar-refractivity contribution in [3.63, 3.8) is 0 Å². The van der Waals surface area contributed by atoms with E-state index in [4.69, 9.17) is 37.8 Å². The molecule has 0 aliphatic carbocycles. The van der Waals surface area contributed by atoms with Crippen molar-refractivity contribution in [3.8, 4) is 17.4 Å². The number of rotatable bonds is 6. The van der Waals surface area contributed by atoms with Crippen molar-refractivity contribution < 1.29 is 14.6 Å². The Morgan fingerprint density at radius 2 is 1.95 bits per heavy atom. The first-order valence-electron chi connectivity index (χ1n) is 6.49. The Bertz CT molecular complexity index is 620. The van der Waals surface area contributed by atoms with Crippen molar-refractivity contribution in [1.29, 1.82) is 0 Å². The number of pyridine rings is 1. The van der Waals surface area contributed by atoms with Gasteiger partial charge >= 0.3 is 0 Å². The van der Waals surface area contributed by atoms with Crippen LogP contribution in [0.3, 0.4) is 0 Å². The van der Waals surface area contributed by atoms with Crippen LogP contribution in [0, 0.1) is 0 Å². The lowest BCUT2D eigenvalue weighted by Crippen LogP contribution is -2.02. The maximum Gasteiger partial charge on any atom is 0.222 e. The summed E-state index contributed by atoms with van der Waals surface area (Å²) in [5, 5.41) is 9.68. The second-order valence-electron chi connectivity index (χ2n) is 4.23. The molecule has 1 heterocycles. The predicted octanol–water partition coefficient (Wildman–Crippen LogP) is 4.11. The highest BCUT2D eigenvalue weighted by molar-refractivity contribution is 6.42. The molecule has 0 aliphatic heterocycles. The number of aliphatic hydroxyl groups is 1. The van der Waals surface area contributed by atoms with Gasteiger partial charge in [-0.05, 0) is 24.1 Å². The first kappa shape index (κ1) is 15.9. The van der Waals surface area contributed by atoms with E-state index < -0.39 is 0 Å². The van der Waals surface area contributed by atoms with Gasteiger partial charge in [0.2, 0.25) is 5.88 Å². The second-order valence-corrected chi connectivity index (χ2v) is 5.05. The minimum absolute atomic E-state index is 0.0503. The van der Waals surface area contributed by atoms with Gasteiger partial charge in [0.15, 0.2) is 0 Å². The standard InChI is InChI=1S/C15H15Cl2NO3/c1-2-10-7-12(16)13(17)9-14(10)21-15-8-11(3-4-18-15)20-6-5-19/h3-4,7-9,19H,2,5-6H2,1H3. The number of halogens is 2. The highest BCUT2D eigenvalue weighted by atomic mass is 35.5. The smallest absolute Gasteiger partial charge is 0.222 e. The summed E-state index contributed by atoms with van der Waals surface area (Å²) in [6, 6.07) is 6.80. The molecule has 0 saturated heterocycles. The van der Waals surface area contributed by atoms with Crippen molar-refractivity contribution in [2.24, 2.45) is 0 Å². The van der Waals surface area contributed by atoms with E-state index >= 15 is 0 Å². The van der Waals surface area contributed by atoms with Crippen LogP contribution < -0.4 is 9.47 Å². The monoisotopic (exact) mass is 327 g/mol. The Kier molecular flexibility index (Phi) is 5.67. The van der Waals surface area contributed by atoms with Crippen LogP contribution in [-0.4, -0.2) is 23.3 Å². The Labute approximate surface area is 133 Å². The number of aromatic nitrogens is 1. The highest BCUT2D eigenvalue weighted by Gasteiger charge is 2.10. The number of benzene rings is 1. The average Bonchev–Trinajstić information content (AvgIpc) is 2.49. The molecular formula is C15H15Cl2NO3. The third kappa shape index (κ3) is 4.24. The first-order chi connectivity index (χ1) is 10.1. The molecule has 0 radical (unpaired) electrons. The summed E-state index contributed by atoms with van der Waals surface area (Å²) in [7, 11) is 0. The molecule has 0 bridgehead atoms. The minimum Gasteiger partial charge on any atom is -0.491 e. The molecular weight excluding hydrogens is 313 g/mol. The molecule has 0 fully saturated rings. The summed E-state index contributed by atoms with van der Waals surface area (Å²) in [4.78, 5) is 4.13. The number of ether oxygens (including phenoxy) is 2. The van der Waals surface area contributed by atoms with Gasteiger partial charge in [0, 0.05) is 18.3 Å². The van der Waals surface area contributed by atoms with E-state index in [2.05, 4.69) is 4.98 Å². The lowest BCUT2D eigenvalue weighted by atomic mass is 10.1. The average molecular weight is 328 g/mol. The largest absolute Gasteiger partial charge is 0.491 e. The Morgan fingerprint density at radius 3 is 2.67 bits per heavy atom. The number of aliphatic hydroxyl groups excluding tert-OH is 1. The topological polar surface area (TPSA) is 51.6 Å². The van der Waals surface area contributed by atoms with Crippen molar-refractivity contribution in [2.45, 2.75) is 13.3 Å². The maximum atomic E-state index is 8.76. The maximum absolute atomic E-state index is 8.76. The van der Waals surface area contributed by atoms with Gasteiger partial charge < -0.3 is 14.6 Å². The summed E-state index contributed by atoms with van der Waals surface area (Å²) in [5.74, 6) is 1.57. The third-order valence-corrected chi connectivity index (χ3v) is 3.49.